The summed E-state index contributed by atoms with van der Waals surface area (Å²) < 4.78 is 0. The Kier molecular flexibility index (Phi) is 3.25. The van der Waals surface area contributed by atoms with Gasteiger partial charge in [0, 0.05) is 18.9 Å². The first-order chi connectivity index (χ1) is 6.86. The molecule has 0 bridgehead atoms. The van der Waals surface area contributed by atoms with E-state index >= 15 is 0 Å². The molecule has 0 radical (unpaired) electrons. The lowest BCUT2D eigenvalue weighted by molar-refractivity contribution is 0.303. The molecule has 1 fully saturated rings. The van der Waals surface area contributed by atoms with Crippen molar-refractivity contribution in [1.82, 2.24) is 4.98 Å². The number of pyridine rings is 1. The minimum Gasteiger partial charge on any atom is -0.384 e. The third-order valence-electron chi connectivity index (χ3n) is 2.87. The van der Waals surface area contributed by atoms with Crippen LogP contribution >= 0.6 is 11.6 Å². The van der Waals surface area contributed by atoms with Crippen molar-refractivity contribution in [2.45, 2.75) is 25.7 Å². The average molecular weight is 211 g/mol. The Balaban J connectivity index is 1.76. The van der Waals surface area contributed by atoms with E-state index in [1.54, 1.807) is 12.4 Å². The number of hydrogen-bond acceptors (Lipinski definition) is 2. The van der Waals surface area contributed by atoms with E-state index in [1.165, 1.54) is 25.7 Å². The molecule has 3 heteroatoms. The molecule has 1 aliphatic carbocycles. The van der Waals surface area contributed by atoms with Crippen LogP contribution < -0.4 is 5.32 Å². The molecule has 14 heavy (non-hydrogen) atoms. The van der Waals surface area contributed by atoms with E-state index in [-0.39, 0.29) is 0 Å². The number of nitrogens with zero attached hydrogens (tertiary/aromatic N) is 1. The van der Waals surface area contributed by atoms with Gasteiger partial charge >= 0.3 is 0 Å². The predicted octanol–water partition coefficient (Wildman–Crippen LogP) is 3.34. The van der Waals surface area contributed by atoms with Crippen molar-refractivity contribution < 1.29 is 0 Å². The summed E-state index contributed by atoms with van der Waals surface area (Å²) in [5, 5.41) is 4.05. The van der Waals surface area contributed by atoms with Gasteiger partial charge in [0.05, 0.1) is 10.7 Å². The molecule has 2 rings (SSSR count). The minimum absolute atomic E-state index is 0.709. The van der Waals surface area contributed by atoms with Crippen molar-refractivity contribution >= 4 is 17.3 Å². The standard InChI is InChI=1S/C11H15ClN2/c12-10-8-13-6-5-11(10)14-7-4-9-2-1-3-9/h5-6,8-9H,1-4,7H2,(H,13,14). The zero-order valence-corrected chi connectivity index (χ0v) is 8.93. The first-order valence-corrected chi connectivity index (χ1v) is 5.57. The third kappa shape index (κ3) is 2.38. The second kappa shape index (κ2) is 4.65. The fraction of sp³-hybridized carbons (Fsp3) is 0.545. The Hall–Kier alpha value is -0.760. The summed E-state index contributed by atoms with van der Waals surface area (Å²) in [6.45, 7) is 1.02. The molecule has 0 unspecified atom stereocenters. The van der Waals surface area contributed by atoms with Crippen LogP contribution in [0.4, 0.5) is 5.69 Å². The molecule has 0 atom stereocenters. The van der Waals surface area contributed by atoms with Gasteiger partial charge in [0.15, 0.2) is 0 Å². The topological polar surface area (TPSA) is 24.9 Å². The maximum absolute atomic E-state index is 5.96. The molecule has 0 saturated heterocycles. The van der Waals surface area contributed by atoms with Crippen molar-refractivity contribution in [3.05, 3.63) is 23.5 Å². The van der Waals surface area contributed by atoms with Crippen molar-refractivity contribution in [1.29, 1.82) is 0 Å². The number of aromatic nitrogens is 1. The highest BCUT2D eigenvalue weighted by Gasteiger charge is 2.16. The van der Waals surface area contributed by atoms with Gasteiger partial charge in [-0.1, -0.05) is 30.9 Å². The molecule has 2 nitrogen and oxygen atoms in total. The molecule has 1 heterocycles. The summed E-state index contributed by atoms with van der Waals surface area (Å²) in [6.07, 6.45) is 8.93. The zero-order chi connectivity index (χ0) is 9.80. The smallest absolute Gasteiger partial charge is 0.0820 e. The van der Waals surface area contributed by atoms with Gasteiger partial charge in [-0.3, -0.25) is 4.98 Å². The van der Waals surface area contributed by atoms with E-state index in [9.17, 15) is 0 Å². The highest BCUT2D eigenvalue weighted by molar-refractivity contribution is 6.33. The van der Waals surface area contributed by atoms with Gasteiger partial charge in [-0.2, -0.15) is 0 Å². The number of hydrogen-bond donors (Lipinski definition) is 1. The first kappa shape index (κ1) is 9.78. The molecule has 0 aliphatic heterocycles. The summed E-state index contributed by atoms with van der Waals surface area (Å²) in [4.78, 5) is 3.94. The van der Waals surface area contributed by atoms with Crippen LogP contribution in [-0.4, -0.2) is 11.5 Å². The normalized spacial score (nSPS) is 16.4. The second-order valence-electron chi connectivity index (χ2n) is 3.87. The van der Waals surface area contributed by atoms with Crippen molar-refractivity contribution in [3.63, 3.8) is 0 Å². The SMILES string of the molecule is Clc1cnccc1NCCC1CCC1. The lowest BCUT2D eigenvalue weighted by Gasteiger charge is -2.25. The van der Waals surface area contributed by atoms with Crippen LogP contribution in [0.2, 0.25) is 5.02 Å². The van der Waals surface area contributed by atoms with E-state index in [0.717, 1.165) is 18.2 Å². The Morgan fingerprint density at radius 3 is 3.00 bits per heavy atom. The molecule has 0 amide bonds. The van der Waals surface area contributed by atoms with E-state index in [1.807, 2.05) is 6.07 Å². The number of halogens is 1. The minimum atomic E-state index is 0.709. The van der Waals surface area contributed by atoms with Crippen molar-refractivity contribution in [2.75, 3.05) is 11.9 Å². The Morgan fingerprint density at radius 1 is 1.50 bits per heavy atom. The van der Waals surface area contributed by atoms with Crippen molar-refractivity contribution in [2.24, 2.45) is 5.92 Å². The van der Waals surface area contributed by atoms with E-state index in [2.05, 4.69) is 10.3 Å². The molecule has 1 aromatic rings. The Bertz CT molecular complexity index is 297. The summed E-state index contributed by atoms with van der Waals surface area (Å²) in [7, 11) is 0. The van der Waals surface area contributed by atoms with Crippen LogP contribution in [-0.2, 0) is 0 Å². The summed E-state index contributed by atoms with van der Waals surface area (Å²) >= 11 is 5.96. The number of anilines is 1. The zero-order valence-electron chi connectivity index (χ0n) is 8.17. The van der Waals surface area contributed by atoms with E-state index in [4.69, 9.17) is 11.6 Å². The van der Waals surface area contributed by atoms with Crippen LogP contribution in [0, 0.1) is 5.92 Å². The molecular formula is C11H15ClN2. The molecular weight excluding hydrogens is 196 g/mol. The van der Waals surface area contributed by atoms with Crippen LogP contribution in [0.15, 0.2) is 18.5 Å². The molecule has 76 valence electrons. The van der Waals surface area contributed by atoms with Gasteiger partial charge < -0.3 is 5.32 Å². The molecule has 1 aromatic heterocycles. The van der Waals surface area contributed by atoms with Gasteiger partial charge in [-0.05, 0) is 18.4 Å². The van der Waals surface area contributed by atoms with Gasteiger partial charge in [0.25, 0.3) is 0 Å². The first-order valence-electron chi connectivity index (χ1n) is 5.19. The van der Waals surface area contributed by atoms with Gasteiger partial charge in [0.2, 0.25) is 0 Å². The highest BCUT2D eigenvalue weighted by Crippen LogP contribution is 2.29. The quantitative estimate of drug-likeness (QED) is 0.825. The summed E-state index contributed by atoms with van der Waals surface area (Å²) in [6, 6.07) is 1.92. The van der Waals surface area contributed by atoms with Crippen LogP contribution in [0.25, 0.3) is 0 Å². The highest BCUT2D eigenvalue weighted by atomic mass is 35.5. The molecule has 0 aromatic carbocycles. The third-order valence-corrected chi connectivity index (χ3v) is 3.17. The van der Waals surface area contributed by atoms with E-state index < -0.39 is 0 Å². The monoisotopic (exact) mass is 210 g/mol. The molecule has 1 aliphatic rings. The molecule has 1 N–H and O–H groups in total. The molecule has 0 spiro atoms. The van der Waals surface area contributed by atoms with Crippen LogP contribution in [0.5, 0.6) is 0 Å². The van der Waals surface area contributed by atoms with Gasteiger partial charge in [0.1, 0.15) is 0 Å². The number of rotatable bonds is 4. The summed E-state index contributed by atoms with van der Waals surface area (Å²) in [5.41, 5.74) is 1.00. The van der Waals surface area contributed by atoms with Gasteiger partial charge in [-0.15, -0.1) is 0 Å². The lowest BCUT2D eigenvalue weighted by Crippen LogP contribution is -2.15. The van der Waals surface area contributed by atoms with Crippen LogP contribution in [0.1, 0.15) is 25.7 Å². The lowest BCUT2D eigenvalue weighted by atomic mass is 9.83. The molecule has 1 saturated carbocycles. The maximum Gasteiger partial charge on any atom is 0.0820 e. The fourth-order valence-electron chi connectivity index (χ4n) is 1.71. The fourth-order valence-corrected chi connectivity index (χ4v) is 1.90. The van der Waals surface area contributed by atoms with Gasteiger partial charge in [-0.25, -0.2) is 0 Å². The van der Waals surface area contributed by atoms with E-state index in [0.29, 0.717) is 5.02 Å². The number of nitrogens with one attached hydrogen (secondary N) is 1. The maximum atomic E-state index is 5.96. The predicted molar refractivity (Wildman–Crippen MR) is 59.7 cm³/mol. The Morgan fingerprint density at radius 2 is 2.36 bits per heavy atom. The van der Waals surface area contributed by atoms with Crippen LogP contribution in [0.3, 0.4) is 0 Å². The largest absolute Gasteiger partial charge is 0.384 e. The average Bonchev–Trinajstić information content (AvgIpc) is 2.12. The summed E-state index contributed by atoms with van der Waals surface area (Å²) in [5.74, 6) is 0.947. The Labute approximate surface area is 89.7 Å². The second-order valence-corrected chi connectivity index (χ2v) is 4.28. The van der Waals surface area contributed by atoms with Crippen molar-refractivity contribution in [3.8, 4) is 0 Å².